The molecular formula is C27H25F4NO3. The molecule has 0 bridgehead atoms. The van der Waals surface area contributed by atoms with E-state index in [1.807, 2.05) is 0 Å². The zero-order valence-electron chi connectivity index (χ0n) is 19.5. The number of rotatable bonds is 4. The Morgan fingerprint density at radius 2 is 1.71 bits per heavy atom. The lowest BCUT2D eigenvalue weighted by atomic mass is 9.71. The molecule has 2 atom stereocenters. The highest BCUT2D eigenvalue weighted by Gasteiger charge is 2.45. The minimum atomic E-state index is -4.68. The summed E-state index contributed by atoms with van der Waals surface area (Å²) in [6.45, 7) is 4.88. The smallest absolute Gasteiger partial charge is 0.416 e. The Balaban J connectivity index is 1.87. The van der Waals surface area contributed by atoms with Gasteiger partial charge in [-0.3, -0.25) is 4.79 Å². The summed E-state index contributed by atoms with van der Waals surface area (Å²) < 4.78 is 60.8. The van der Waals surface area contributed by atoms with E-state index >= 15 is 0 Å². The first-order valence-electron chi connectivity index (χ1n) is 11.3. The summed E-state index contributed by atoms with van der Waals surface area (Å²) in [6, 6.07) is 10.8. The molecule has 2 aliphatic rings. The van der Waals surface area contributed by atoms with E-state index in [4.69, 9.17) is 4.74 Å². The number of halogens is 4. The molecule has 1 aliphatic heterocycles. The fourth-order valence-corrected chi connectivity index (χ4v) is 4.88. The van der Waals surface area contributed by atoms with E-state index in [1.54, 1.807) is 32.9 Å². The molecule has 0 spiro atoms. The lowest BCUT2D eigenvalue weighted by Crippen LogP contribution is -2.37. The molecule has 0 fully saturated rings. The van der Waals surface area contributed by atoms with Crippen molar-refractivity contribution in [3.63, 3.8) is 0 Å². The molecule has 1 aliphatic carbocycles. The highest BCUT2D eigenvalue weighted by atomic mass is 19.4. The Bertz CT molecular complexity index is 1230. The van der Waals surface area contributed by atoms with Gasteiger partial charge in [0.15, 0.2) is 5.78 Å². The molecular weight excluding hydrogens is 462 g/mol. The summed E-state index contributed by atoms with van der Waals surface area (Å²) in [5, 5.41) is 3.10. The largest absolute Gasteiger partial charge is 0.460 e. The number of dihydropyridines is 1. The van der Waals surface area contributed by atoms with Gasteiger partial charge < -0.3 is 10.1 Å². The predicted molar refractivity (Wildman–Crippen MR) is 122 cm³/mol. The number of Topliss-reactive ketones (excluding diaryl/α,β-unsaturated/α-hetero) is 1. The predicted octanol–water partition coefficient (Wildman–Crippen LogP) is 6.16. The van der Waals surface area contributed by atoms with Crippen LogP contribution in [-0.4, -0.2) is 17.9 Å². The van der Waals surface area contributed by atoms with Crippen LogP contribution in [-0.2, 0) is 20.5 Å². The Hall–Kier alpha value is -3.42. The van der Waals surface area contributed by atoms with Crippen molar-refractivity contribution in [3.05, 3.63) is 93.6 Å². The van der Waals surface area contributed by atoms with Crippen LogP contribution in [0.1, 0.15) is 62.1 Å². The quantitative estimate of drug-likeness (QED) is 0.415. The fourth-order valence-electron chi connectivity index (χ4n) is 4.88. The number of carbonyl (C=O) groups excluding carboxylic acids is 2. The minimum absolute atomic E-state index is 0.0114. The van der Waals surface area contributed by atoms with E-state index in [-0.39, 0.29) is 34.8 Å². The van der Waals surface area contributed by atoms with Gasteiger partial charge >= 0.3 is 12.1 Å². The number of benzene rings is 2. The average molecular weight is 487 g/mol. The molecule has 8 heteroatoms. The number of alkyl halides is 3. The van der Waals surface area contributed by atoms with Crippen LogP contribution in [0.3, 0.4) is 0 Å². The molecule has 2 aromatic rings. The van der Waals surface area contributed by atoms with Crippen LogP contribution in [0.5, 0.6) is 0 Å². The van der Waals surface area contributed by atoms with Gasteiger partial charge in [-0.05, 0) is 62.4 Å². The molecule has 0 saturated carbocycles. The molecule has 0 amide bonds. The van der Waals surface area contributed by atoms with Crippen LogP contribution in [0.4, 0.5) is 17.6 Å². The highest BCUT2D eigenvalue weighted by Crippen LogP contribution is 2.48. The van der Waals surface area contributed by atoms with Gasteiger partial charge in [-0.1, -0.05) is 30.3 Å². The standard InChI is InChI=1S/C27H25F4NO3/c1-14(2)35-26(34)23-15(3)32-21-12-17(16-8-10-18(28)11-9-16)13-22(33)25(21)24(23)19-6-4-5-7-20(19)27(29,30)31/h4-11,14,17,24,32H,12-13H2,1-3H3/t17-,24+/m0/s1. The third-order valence-corrected chi connectivity index (χ3v) is 6.31. The van der Waals surface area contributed by atoms with Crippen molar-refractivity contribution >= 4 is 11.8 Å². The molecule has 184 valence electrons. The first kappa shape index (κ1) is 24.7. The minimum Gasteiger partial charge on any atom is -0.460 e. The second-order valence-corrected chi connectivity index (χ2v) is 9.11. The number of hydrogen-bond donors (Lipinski definition) is 1. The first-order chi connectivity index (χ1) is 16.5. The third kappa shape index (κ3) is 4.88. The lowest BCUT2D eigenvalue weighted by Gasteiger charge is -2.37. The van der Waals surface area contributed by atoms with E-state index in [2.05, 4.69) is 5.32 Å². The number of allylic oxidation sites excluding steroid dienone is 3. The van der Waals surface area contributed by atoms with Crippen LogP contribution in [0.15, 0.2) is 71.1 Å². The molecule has 0 radical (unpaired) electrons. The molecule has 35 heavy (non-hydrogen) atoms. The second kappa shape index (κ2) is 9.32. The second-order valence-electron chi connectivity index (χ2n) is 9.11. The maximum atomic E-state index is 14.0. The summed E-state index contributed by atoms with van der Waals surface area (Å²) in [4.78, 5) is 26.6. The zero-order chi connectivity index (χ0) is 25.5. The van der Waals surface area contributed by atoms with Gasteiger partial charge in [0, 0.05) is 29.3 Å². The molecule has 0 aromatic heterocycles. The highest BCUT2D eigenvalue weighted by molar-refractivity contribution is 6.04. The summed E-state index contributed by atoms with van der Waals surface area (Å²) in [6.07, 6.45) is -4.82. The summed E-state index contributed by atoms with van der Waals surface area (Å²) in [5.74, 6) is -3.03. The van der Waals surface area contributed by atoms with Crippen LogP contribution in [0.25, 0.3) is 0 Å². The number of ketones is 1. The lowest BCUT2D eigenvalue weighted by molar-refractivity contribution is -0.143. The number of hydrogen-bond acceptors (Lipinski definition) is 4. The summed E-state index contributed by atoms with van der Waals surface area (Å²) >= 11 is 0. The van der Waals surface area contributed by atoms with Crippen LogP contribution in [0, 0.1) is 5.82 Å². The number of ether oxygens (including phenoxy) is 1. The average Bonchev–Trinajstić information content (AvgIpc) is 2.77. The molecule has 1 heterocycles. The molecule has 2 aromatic carbocycles. The number of nitrogens with one attached hydrogen (secondary N) is 1. The van der Waals surface area contributed by atoms with E-state index in [0.29, 0.717) is 17.8 Å². The Morgan fingerprint density at radius 3 is 2.34 bits per heavy atom. The van der Waals surface area contributed by atoms with Gasteiger partial charge in [0.05, 0.1) is 17.2 Å². The normalized spacial score (nSPS) is 20.6. The Labute approximate surface area is 200 Å². The molecule has 0 unspecified atom stereocenters. The SMILES string of the molecule is CC1=C(C(=O)OC(C)C)[C@@H](c2ccccc2C(F)(F)F)C2=C(C[C@H](c3ccc(F)cc3)CC2=O)N1. The van der Waals surface area contributed by atoms with E-state index in [1.165, 1.54) is 30.3 Å². The van der Waals surface area contributed by atoms with Crippen molar-refractivity contribution in [1.82, 2.24) is 5.32 Å². The van der Waals surface area contributed by atoms with Crippen molar-refractivity contribution < 1.29 is 31.9 Å². The third-order valence-electron chi connectivity index (χ3n) is 6.31. The van der Waals surface area contributed by atoms with Gasteiger partial charge in [0.25, 0.3) is 0 Å². The van der Waals surface area contributed by atoms with Gasteiger partial charge in [0.1, 0.15) is 5.82 Å². The summed E-state index contributed by atoms with van der Waals surface area (Å²) in [5.41, 5.74) is 0.615. The molecule has 4 rings (SSSR count). The van der Waals surface area contributed by atoms with Crippen molar-refractivity contribution in [2.24, 2.45) is 0 Å². The van der Waals surface area contributed by atoms with Crippen LogP contribution < -0.4 is 5.32 Å². The van der Waals surface area contributed by atoms with E-state index in [0.717, 1.165) is 11.6 Å². The topological polar surface area (TPSA) is 55.4 Å². The van der Waals surface area contributed by atoms with Crippen LogP contribution >= 0.6 is 0 Å². The molecule has 1 N–H and O–H groups in total. The van der Waals surface area contributed by atoms with Crippen molar-refractivity contribution in [2.45, 2.75) is 57.7 Å². The Kier molecular flexibility index (Phi) is 6.58. The summed E-state index contributed by atoms with van der Waals surface area (Å²) in [7, 11) is 0. The molecule has 4 nitrogen and oxygen atoms in total. The number of carbonyl (C=O) groups is 2. The van der Waals surface area contributed by atoms with Gasteiger partial charge in [-0.25, -0.2) is 9.18 Å². The van der Waals surface area contributed by atoms with Gasteiger partial charge in [0.2, 0.25) is 0 Å². The first-order valence-corrected chi connectivity index (χ1v) is 11.3. The fraction of sp³-hybridized carbons (Fsp3) is 0.333. The zero-order valence-corrected chi connectivity index (χ0v) is 19.5. The van der Waals surface area contributed by atoms with Crippen molar-refractivity contribution in [1.29, 1.82) is 0 Å². The maximum Gasteiger partial charge on any atom is 0.416 e. The van der Waals surface area contributed by atoms with Crippen molar-refractivity contribution in [2.75, 3.05) is 0 Å². The van der Waals surface area contributed by atoms with Gasteiger partial charge in [-0.2, -0.15) is 13.2 Å². The van der Waals surface area contributed by atoms with E-state index < -0.39 is 35.5 Å². The molecule has 0 saturated heterocycles. The maximum absolute atomic E-state index is 14.0. The monoisotopic (exact) mass is 487 g/mol. The van der Waals surface area contributed by atoms with Crippen molar-refractivity contribution in [3.8, 4) is 0 Å². The Morgan fingerprint density at radius 1 is 1.06 bits per heavy atom. The van der Waals surface area contributed by atoms with E-state index in [9.17, 15) is 27.2 Å². The van der Waals surface area contributed by atoms with Crippen LogP contribution in [0.2, 0.25) is 0 Å². The number of esters is 1. The van der Waals surface area contributed by atoms with Gasteiger partial charge in [-0.15, -0.1) is 0 Å².